The van der Waals surface area contributed by atoms with Crippen molar-refractivity contribution in [3.8, 4) is 0 Å². The molecule has 98 valence electrons. The molecule has 6 heteroatoms. The lowest BCUT2D eigenvalue weighted by atomic mass is 10.1. The largest absolute Gasteiger partial charge is 0.465 e. The van der Waals surface area contributed by atoms with Crippen molar-refractivity contribution in [3.05, 3.63) is 35.4 Å². The second-order valence-corrected chi connectivity index (χ2v) is 4.41. The van der Waals surface area contributed by atoms with Crippen LogP contribution in [0.15, 0.2) is 24.3 Å². The van der Waals surface area contributed by atoms with Gasteiger partial charge in [-0.15, -0.1) is 11.8 Å². The summed E-state index contributed by atoms with van der Waals surface area (Å²) in [7, 11) is 0. The van der Waals surface area contributed by atoms with Crippen LogP contribution in [-0.4, -0.2) is 24.2 Å². The van der Waals surface area contributed by atoms with Crippen molar-refractivity contribution < 1.29 is 14.3 Å². The number of thioether (sulfide) groups is 1. The number of rotatable bonds is 6. The SMILES string of the molecule is CCOC(=O)CSCc1ccccc1C(=O)NN. The highest BCUT2D eigenvalue weighted by molar-refractivity contribution is 7.99. The van der Waals surface area contributed by atoms with Crippen molar-refractivity contribution in [1.29, 1.82) is 0 Å². The molecule has 0 saturated heterocycles. The first-order valence-corrected chi connectivity index (χ1v) is 6.66. The summed E-state index contributed by atoms with van der Waals surface area (Å²) in [5.41, 5.74) is 3.47. The lowest BCUT2D eigenvalue weighted by molar-refractivity contribution is -0.139. The Labute approximate surface area is 110 Å². The van der Waals surface area contributed by atoms with Crippen molar-refractivity contribution >= 4 is 23.6 Å². The molecule has 0 fully saturated rings. The zero-order chi connectivity index (χ0) is 13.4. The third-order valence-electron chi connectivity index (χ3n) is 2.18. The van der Waals surface area contributed by atoms with Gasteiger partial charge >= 0.3 is 5.97 Å². The van der Waals surface area contributed by atoms with E-state index >= 15 is 0 Å². The highest BCUT2D eigenvalue weighted by Gasteiger charge is 2.10. The third-order valence-corrected chi connectivity index (χ3v) is 3.13. The standard InChI is InChI=1S/C12H16N2O3S/c1-2-17-11(15)8-18-7-9-5-3-4-6-10(9)12(16)14-13/h3-6H,2,7-8,13H2,1H3,(H,14,16). The van der Waals surface area contributed by atoms with E-state index in [0.717, 1.165) is 5.56 Å². The van der Waals surface area contributed by atoms with E-state index in [1.165, 1.54) is 11.8 Å². The highest BCUT2D eigenvalue weighted by atomic mass is 32.2. The van der Waals surface area contributed by atoms with Crippen LogP contribution in [0.4, 0.5) is 0 Å². The van der Waals surface area contributed by atoms with Gasteiger partial charge in [-0.2, -0.15) is 0 Å². The number of esters is 1. The molecule has 0 aliphatic heterocycles. The van der Waals surface area contributed by atoms with Gasteiger partial charge in [0.2, 0.25) is 0 Å². The molecule has 0 unspecified atom stereocenters. The summed E-state index contributed by atoms with van der Waals surface area (Å²) >= 11 is 1.40. The molecular formula is C12H16N2O3S. The molecule has 0 bridgehead atoms. The molecule has 0 saturated carbocycles. The van der Waals surface area contributed by atoms with E-state index in [9.17, 15) is 9.59 Å². The monoisotopic (exact) mass is 268 g/mol. The average Bonchev–Trinajstić information content (AvgIpc) is 2.39. The summed E-state index contributed by atoms with van der Waals surface area (Å²) in [5, 5.41) is 0. The van der Waals surface area contributed by atoms with Gasteiger partial charge in [-0.1, -0.05) is 18.2 Å². The minimum Gasteiger partial charge on any atom is -0.465 e. The Bertz CT molecular complexity index is 424. The van der Waals surface area contributed by atoms with Gasteiger partial charge in [0.15, 0.2) is 0 Å². The number of carbonyl (C=O) groups is 2. The van der Waals surface area contributed by atoms with Gasteiger partial charge in [0.05, 0.1) is 12.4 Å². The molecule has 5 nitrogen and oxygen atoms in total. The van der Waals surface area contributed by atoms with Gasteiger partial charge in [0.1, 0.15) is 0 Å². The average molecular weight is 268 g/mol. The first-order valence-electron chi connectivity index (χ1n) is 5.51. The van der Waals surface area contributed by atoms with Crippen LogP contribution in [0.1, 0.15) is 22.8 Å². The summed E-state index contributed by atoms with van der Waals surface area (Å²) in [4.78, 5) is 22.7. The first kappa shape index (κ1) is 14.5. The summed E-state index contributed by atoms with van der Waals surface area (Å²) in [6.07, 6.45) is 0. The fourth-order valence-electron chi connectivity index (χ4n) is 1.39. The van der Waals surface area contributed by atoms with Gasteiger partial charge in [-0.3, -0.25) is 15.0 Å². The maximum Gasteiger partial charge on any atom is 0.315 e. The van der Waals surface area contributed by atoms with Crippen LogP contribution in [0.25, 0.3) is 0 Å². The van der Waals surface area contributed by atoms with E-state index in [1.54, 1.807) is 19.1 Å². The summed E-state index contributed by atoms with van der Waals surface area (Å²) in [6.45, 7) is 2.15. The zero-order valence-corrected chi connectivity index (χ0v) is 11.0. The number of nitrogens with one attached hydrogen (secondary N) is 1. The predicted octanol–water partition coefficient (Wildman–Crippen LogP) is 1.09. The minimum absolute atomic E-state index is 0.247. The van der Waals surface area contributed by atoms with Crippen LogP contribution in [0.3, 0.4) is 0 Å². The van der Waals surface area contributed by atoms with Crippen LogP contribution >= 0.6 is 11.8 Å². The van der Waals surface area contributed by atoms with Gasteiger partial charge in [-0.25, -0.2) is 5.84 Å². The predicted molar refractivity (Wildman–Crippen MR) is 70.9 cm³/mol. The molecule has 18 heavy (non-hydrogen) atoms. The normalized spacial score (nSPS) is 9.89. The Kier molecular flexibility index (Phi) is 6.24. The Hall–Kier alpha value is -1.53. The number of hydrogen-bond acceptors (Lipinski definition) is 5. The highest BCUT2D eigenvalue weighted by Crippen LogP contribution is 2.16. The molecular weight excluding hydrogens is 252 g/mol. The zero-order valence-electron chi connectivity index (χ0n) is 10.1. The number of amides is 1. The second kappa shape index (κ2) is 7.73. The Balaban J connectivity index is 2.57. The van der Waals surface area contributed by atoms with E-state index in [-0.39, 0.29) is 17.6 Å². The lowest BCUT2D eigenvalue weighted by Crippen LogP contribution is -2.30. The van der Waals surface area contributed by atoms with Crippen LogP contribution in [0, 0.1) is 0 Å². The van der Waals surface area contributed by atoms with Crippen molar-refractivity contribution in [3.63, 3.8) is 0 Å². The third kappa shape index (κ3) is 4.38. The topological polar surface area (TPSA) is 81.4 Å². The van der Waals surface area contributed by atoms with Gasteiger partial charge in [-0.05, 0) is 18.6 Å². The summed E-state index contributed by atoms with van der Waals surface area (Å²) < 4.78 is 4.82. The fourth-order valence-corrected chi connectivity index (χ4v) is 2.22. The van der Waals surface area contributed by atoms with Crippen molar-refractivity contribution in [2.45, 2.75) is 12.7 Å². The Morgan fingerprint density at radius 2 is 2.11 bits per heavy atom. The number of hydrazine groups is 1. The fraction of sp³-hybridized carbons (Fsp3) is 0.333. The number of carbonyl (C=O) groups excluding carboxylic acids is 2. The molecule has 0 spiro atoms. The van der Waals surface area contributed by atoms with Crippen molar-refractivity contribution in [2.75, 3.05) is 12.4 Å². The van der Waals surface area contributed by atoms with Crippen molar-refractivity contribution in [2.24, 2.45) is 5.84 Å². The Morgan fingerprint density at radius 1 is 1.39 bits per heavy atom. The molecule has 1 rings (SSSR count). The van der Waals surface area contributed by atoms with E-state index in [0.29, 0.717) is 17.9 Å². The quantitative estimate of drug-likeness (QED) is 0.349. The van der Waals surface area contributed by atoms with Crippen molar-refractivity contribution in [1.82, 2.24) is 5.43 Å². The maximum atomic E-state index is 11.5. The molecule has 0 radical (unpaired) electrons. The molecule has 0 heterocycles. The minimum atomic E-state index is -0.331. The number of nitrogen functional groups attached to an aromatic ring is 1. The van der Waals surface area contributed by atoms with Crippen LogP contribution < -0.4 is 11.3 Å². The van der Waals surface area contributed by atoms with Gasteiger partial charge in [0.25, 0.3) is 5.91 Å². The number of hydrogen-bond donors (Lipinski definition) is 2. The van der Waals surface area contributed by atoms with Crippen LogP contribution in [0.2, 0.25) is 0 Å². The molecule has 1 amide bonds. The second-order valence-electron chi connectivity index (χ2n) is 3.43. The van der Waals surface area contributed by atoms with Gasteiger partial charge < -0.3 is 4.74 Å². The van der Waals surface area contributed by atoms with E-state index in [2.05, 4.69) is 5.43 Å². The van der Waals surface area contributed by atoms with Crippen LogP contribution in [-0.2, 0) is 15.3 Å². The summed E-state index contributed by atoms with van der Waals surface area (Å²) in [6, 6.07) is 7.14. The lowest BCUT2D eigenvalue weighted by Gasteiger charge is -2.07. The van der Waals surface area contributed by atoms with E-state index < -0.39 is 0 Å². The number of ether oxygens (including phenoxy) is 1. The number of nitrogens with two attached hydrogens (primary N) is 1. The summed E-state index contributed by atoms with van der Waals surface area (Å²) in [5.74, 6) is 5.36. The maximum absolute atomic E-state index is 11.5. The number of benzene rings is 1. The first-order chi connectivity index (χ1) is 8.69. The van der Waals surface area contributed by atoms with Gasteiger partial charge in [0, 0.05) is 11.3 Å². The molecule has 0 aliphatic rings. The van der Waals surface area contributed by atoms with E-state index in [4.69, 9.17) is 10.6 Å². The smallest absolute Gasteiger partial charge is 0.315 e. The molecule has 3 N–H and O–H groups in total. The molecule has 0 atom stereocenters. The molecule has 0 aromatic heterocycles. The molecule has 1 aromatic carbocycles. The van der Waals surface area contributed by atoms with E-state index in [1.807, 2.05) is 12.1 Å². The Morgan fingerprint density at radius 3 is 2.78 bits per heavy atom. The molecule has 0 aliphatic carbocycles. The molecule has 1 aromatic rings. The van der Waals surface area contributed by atoms with Crippen LogP contribution in [0.5, 0.6) is 0 Å².